The summed E-state index contributed by atoms with van der Waals surface area (Å²) < 4.78 is 28.9. The Morgan fingerprint density at radius 3 is 2.62 bits per heavy atom. The van der Waals surface area contributed by atoms with Crippen LogP contribution in [-0.4, -0.2) is 30.0 Å². The monoisotopic (exact) mass is 561 g/mol. The van der Waals surface area contributed by atoms with Crippen molar-refractivity contribution in [3.63, 3.8) is 0 Å². The Morgan fingerprint density at radius 1 is 1.09 bits per heavy atom. The minimum absolute atomic E-state index is 0.234. The number of anilines is 1. The van der Waals surface area contributed by atoms with Crippen molar-refractivity contribution in [3.8, 4) is 17.0 Å². The van der Waals surface area contributed by atoms with Gasteiger partial charge in [0, 0.05) is 30.1 Å². The first-order chi connectivity index (χ1) is 15.5. The van der Waals surface area contributed by atoms with Crippen LogP contribution in [-0.2, 0) is 0 Å². The molecule has 5 rings (SSSR count). The molecule has 4 aromatic rings. The number of hydrogen-bond donors (Lipinski definition) is 0. The molecule has 0 saturated carbocycles. The summed E-state index contributed by atoms with van der Waals surface area (Å²) in [6, 6.07) is 11.0. The second-order valence-corrected chi connectivity index (χ2v) is 9.57. The van der Waals surface area contributed by atoms with Gasteiger partial charge in [0.05, 0.1) is 45.4 Å². The molecular formula is C24H22Br2FN3O2. The van der Waals surface area contributed by atoms with Crippen molar-refractivity contribution >= 4 is 48.5 Å². The lowest BCUT2D eigenvalue weighted by molar-refractivity contribution is 0.367. The second kappa shape index (κ2) is 8.56. The molecule has 0 radical (unpaired) electrons. The molecule has 2 aromatic carbocycles. The third kappa shape index (κ3) is 3.63. The highest BCUT2D eigenvalue weighted by atomic mass is 79.9. The largest absolute Gasteiger partial charge is 0.496 e. The van der Waals surface area contributed by atoms with Crippen LogP contribution in [0.4, 0.5) is 10.1 Å². The lowest BCUT2D eigenvalue weighted by Gasteiger charge is -2.35. The van der Waals surface area contributed by atoms with Gasteiger partial charge in [0.1, 0.15) is 17.1 Å². The quantitative estimate of drug-likeness (QED) is 0.265. The van der Waals surface area contributed by atoms with Crippen molar-refractivity contribution < 1.29 is 13.5 Å². The van der Waals surface area contributed by atoms with E-state index in [-0.39, 0.29) is 11.9 Å². The topological polar surface area (TPSA) is 43.4 Å². The highest BCUT2D eigenvalue weighted by molar-refractivity contribution is 9.11. The van der Waals surface area contributed by atoms with Crippen LogP contribution in [0.15, 0.2) is 56.0 Å². The summed E-state index contributed by atoms with van der Waals surface area (Å²) >= 11 is 7.47. The number of rotatable bonds is 4. The van der Waals surface area contributed by atoms with Gasteiger partial charge in [0.25, 0.3) is 0 Å². The number of nitrogens with zero attached hydrogens (tertiary/aromatic N) is 3. The minimum Gasteiger partial charge on any atom is -0.496 e. The molecule has 0 aliphatic carbocycles. The average Bonchev–Trinajstić information content (AvgIpc) is 3.40. The van der Waals surface area contributed by atoms with Crippen molar-refractivity contribution in [3.05, 3.63) is 63.1 Å². The van der Waals surface area contributed by atoms with Crippen molar-refractivity contribution in [2.24, 2.45) is 0 Å². The number of ether oxygens (including phenoxy) is 1. The van der Waals surface area contributed by atoms with Crippen molar-refractivity contribution in [1.29, 1.82) is 0 Å². The first-order valence-electron chi connectivity index (χ1n) is 10.5. The van der Waals surface area contributed by atoms with E-state index in [1.807, 2.05) is 19.1 Å². The second-order valence-electron chi connectivity index (χ2n) is 7.99. The van der Waals surface area contributed by atoms with Gasteiger partial charge in [-0.25, -0.2) is 4.39 Å². The van der Waals surface area contributed by atoms with Crippen molar-refractivity contribution in [2.45, 2.75) is 25.8 Å². The molecule has 1 aliphatic heterocycles. The summed E-state index contributed by atoms with van der Waals surface area (Å²) in [5.74, 6) is 0.180. The zero-order chi connectivity index (χ0) is 22.4. The van der Waals surface area contributed by atoms with Crippen LogP contribution in [0.5, 0.6) is 5.75 Å². The number of halogens is 3. The number of aromatic nitrogens is 2. The molecular weight excluding hydrogens is 541 g/mol. The molecule has 5 nitrogen and oxygen atoms in total. The summed E-state index contributed by atoms with van der Waals surface area (Å²) in [6.07, 6.45) is 3.61. The van der Waals surface area contributed by atoms with Gasteiger partial charge in [0.2, 0.25) is 0 Å². The van der Waals surface area contributed by atoms with E-state index < -0.39 is 0 Å². The molecule has 8 heteroatoms. The number of fused-ring (bicyclic) bond motifs is 1. The fraction of sp³-hybridized carbons (Fsp3) is 0.292. The van der Waals surface area contributed by atoms with E-state index in [0.29, 0.717) is 5.75 Å². The van der Waals surface area contributed by atoms with Gasteiger partial charge in [0.15, 0.2) is 0 Å². The van der Waals surface area contributed by atoms with Gasteiger partial charge in [-0.05, 0) is 82.0 Å². The van der Waals surface area contributed by atoms with E-state index in [0.717, 1.165) is 62.8 Å². The van der Waals surface area contributed by atoms with Crippen LogP contribution in [0.25, 0.3) is 22.2 Å². The van der Waals surface area contributed by atoms with Crippen LogP contribution >= 0.6 is 31.9 Å². The Morgan fingerprint density at radius 2 is 1.88 bits per heavy atom. The van der Waals surface area contributed by atoms with Crippen LogP contribution < -0.4 is 9.64 Å². The molecule has 0 bridgehead atoms. The maximum Gasteiger partial charge on any atom is 0.135 e. The first-order valence-corrected chi connectivity index (χ1v) is 12.1. The zero-order valence-electron chi connectivity index (χ0n) is 17.7. The SMILES string of the molecule is COc1cc(F)ccc1-c1c(Br)c(C)nn1C1CCN(c2ccc3occc3c2Br)CC1. The normalized spacial score (nSPS) is 15.0. The Hall–Kier alpha value is -2.32. The summed E-state index contributed by atoms with van der Waals surface area (Å²) in [6.45, 7) is 3.79. The summed E-state index contributed by atoms with van der Waals surface area (Å²) in [5.41, 5.74) is 4.72. The maximum absolute atomic E-state index is 13.8. The predicted molar refractivity (Wildman–Crippen MR) is 131 cm³/mol. The number of piperidine rings is 1. The van der Waals surface area contributed by atoms with Gasteiger partial charge in [-0.3, -0.25) is 4.68 Å². The molecule has 1 fully saturated rings. The highest BCUT2D eigenvalue weighted by Crippen LogP contribution is 2.41. The van der Waals surface area contributed by atoms with Crippen LogP contribution in [0, 0.1) is 12.7 Å². The van der Waals surface area contributed by atoms with E-state index in [1.165, 1.54) is 17.8 Å². The molecule has 32 heavy (non-hydrogen) atoms. The fourth-order valence-electron chi connectivity index (χ4n) is 4.49. The molecule has 2 aromatic heterocycles. The van der Waals surface area contributed by atoms with E-state index in [2.05, 4.69) is 47.5 Å². The summed E-state index contributed by atoms with van der Waals surface area (Å²) in [7, 11) is 1.56. The number of benzene rings is 2. The van der Waals surface area contributed by atoms with Gasteiger partial charge >= 0.3 is 0 Å². The maximum atomic E-state index is 13.8. The molecule has 0 atom stereocenters. The number of methoxy groups -OCH3 is 1. The van der Waals surface area contributed by atoms with E-state index in [9.17, 15) is 4.39 Å². The van der Waals surface area contributed by atoms with Crippen LogP contribution in [0.3, 0.4) is 0 Å². The average molecular weight is 563 g/mol. The zero-order valence-corrected chi connectivity index (χ0v) is 20.9. The molecule has 0 amide bonds. The molecule has 1 saturated heterocycles. The van der Waals surface area contributed by atoms with Crippen LogP contribution in [0.2, 0.25) is 0 Å². The van der Waals surface area contributed by atoms with Gasteiger partial charge in [-0.2, -0.15) is 5.10 Å². The smallest absolute Gasteiger partial charge is 0.135 e. The number of hydrogen-bond acceptors (Lipinski definition) is 4. The highest BCUT2D eigenvalue weighted by Gasteiger charge is 2.28. The Kier molecular flexibility index (Phi) is 5.75. The number of aryl methyl sites for hydroxylation is 1. The lowest BCUT2D eigenvalue weighted by atomic mass is 10.0. The van der Waals surface area contributed by atoms with E-state index >= 15 is 0 Å². The van der Waals surface area contributed by atoms with Gasteiger partial charge in [-0.15, -0.1) is 0 Å². The lowest BCUT2D eigenvalue weighted by Crippen LogP contribution is -2.35. The van der Waals surface area contributed by atoms with Crippen LogP contribution in [0.1, 0.15) is 24.6 Å². The Labute approximate surface area is 202 Å². The minimum atomic E-state index is -0.321. The summed E-state index contributed by atoms with van der Waals surface area (Å²) in [5, 5.41) is 5.92. The first kappa shape index (κ1) is 21.5. The molecule has 3 heterocycles. The molecule has 0 unspecified atom stereocenters. The third-order valence-corrected chi connectivity index (χ3v) is 7.91. The van der Waals surface area contributed by atoms with Crippen molar-refractivity contribution in [1.82, 2.24) is 9.78 Å². The molecule has 166 valence electrons. The van der Waals surface area contributed by atoms with E-state index in [1.54, 1.807) is 19.4 Å². The number of furan rings is 1. The van der Waals surface area contributed by atoms with E-state index in [4.69, 9.17) is 14.3 Å². The molecule has 1 aliphatic rings. The predicted octanol–water partition coefficient (Wildman–Crippen LogP) is 7.12. The standard InChI is InChI=1S/C24H22Br2FN3O2/c1-14-22(25)24(18-4-3-15(27)13-21(18)31-2)30(28-14)16-7-10-29(11-8-16)19-5-6-20-17(23(19)26)9-12-32-20/h3-6,9,12-13,16H,7-8,10-11H2,1-2H3. The summed E-state index contributed by atoms with van der Waals surface area (Å²) in [4.78, 5) is 2.40. The molecule has 0 N–H and O–H groups in total. The Balaban J connectivity index is 1.44. The third-order valence-electron chi connectivity index (χ3n) is 6.13. The van der Waals surface area contributed by atoms with Gasteiger partial charge < -0.3 is 14.1 Å². The van der Waals surface area contributed by atoms with Crippen molar-refractivity contribution in [2.75, 3.05) is 25.1 Å². The molecule has 0 spiro atoms. The fourth-order valence-corrected chi connectivity index (χ4v) is 5.67. The van der Waals surface area contributed by atoms with Gasteiger partial charge in [-0.1, -0.05) is 0 Å². The Bertz CT molecular complexity index is 1290.